The van der Waals surface area contributed by atoms with Gasteiger partial charge in [-0.1, -0.05) is 32.0 Å². The molecule has 0 amide bonds. The molecule has 2 aromatic carbocycles. The zero-order valence-corrected chi connectivity index (χ0v) is 23.9. The van der Waals surface area contributed by atoms with Crippen LogP contribution in [-0.2, 0) is 27.4 Å². The Morgan fingerprint density at radius 1 is 1.08 bits per heavy atom. The summed E-state index contributed by atoms with van der Waals surface area (Å²) < 4.78 is 50.2. The lowest BCUT2D eigenvalue weighted by molar-refractivity contribution is 0.414. The van der Waals surface area contributed by atoms with Crippen molar-refractivity contribution in [3.8, 4) is 5.75 Å². The third kappa shape index (κ3) is 5.89. The average Bonchev–Trinajstić information content (AvgIpc) is 2.92. The number of rotatable bonds is 6. The van der Waals surface area contributed by atoms with Gasteiger partial charge in [0.05, 0.1) is 35.0 Å². The van der Waals surface area contributed by atoms with Crippen LogP contribution in [0.2, 0.25) is 0 Å². The first kappa shape index (κ1) is 28.1. The molecule has 1 unspecified atom stereocenters. The molecule has 4 aromatic rings. The average molecular weight is 567 g/mol. The van der Waals surface area contributed by atoms with Gasteiger partial charge in [0.2, 0.25) is 10.0 Å². The highest BCUT2D eigenvalue weighted by molar-refractivity contribution is 7.92. The van der Waals surface area contributed by atoms with Crippen molar-refractivity contribution < 1.29 is 17.4 Å². The fourth-order valence-electron chi connectivity index (χ4n) is 4.41. The molecule has 0 radical (unpaired) electrons. The molecular weight excluding hydrogens is 536 g/mol. The van der Waals surface area contributed by atoms with Gasteiger partial charge >= 0.3 is 0 Å². The predicted molar refractivity (Wildman–Crippen MR) is 157 cm³/mol. The van der Waals surface area contributed by atoms with Crippen LogP contribution in [0, 0.1) is 6.92 Å². The summed E-state index contributed by atoms with van der Waals surface area (Å²) in [7, 11) is -3.76. The Kier molecular flexibility index (Phi) is 8.22. The first-order valence-electron chi connectivity index (χ1n) is 12.3. The zero-order chi connectivity index (χ0) is 28.3. The van der Waals surface area contributed by atoms with Crippen LogP contribution in [0.25, 0.3) is 5.52 Å². The van der Waals surface area contributed by atoms with Gasteiger partial charge in [-0.15, -0.1) is 0 Å². The van der Waals surface area contributed by atoms with Gasteiger partial charge in [0.1, 0.15) is 5.75 Å². The highest BCUT2D eigenvalue weighted by atomic mass is 32.2. The van der Waals surface area contributed by atoms with E-state index in [9.17, 15) is 17.4 Å². The van der Waals surface area contributed by atoms with E-state index >= 15 is 0 Å². The number of pyridine rings is 2. The Bertz CT molecular complexity index is 1780. The van der Waals surface area contributed by atoms with Crippen LogP contribution in [0.1, 0.15) is 36.2 Å². The van der Waals surface area contributed by atoms with Crippen molar-refractivity contribution in [3.05, 3.63) is 99.5 Å². The largest absolute Gasteiger partial charge is 0.497 e. The number of sulfonamides is 1. The molecular formula is C28H30N4O5S2. The Morgan fingerprint density at radius 3 is 2.56 bits per heavy atom. The lowest BCUT2D eigenvalue weighted by atomic mass is 9.99. The van der Waals surface area contributed by atoms with Crippen LogP contribution in [-0.4, -0.2) is 36.2 Å². The van der Waals surface area contributed by atoms with Gasteiger partial charge in [-0.25, -0.2) is 12.6 Å². The molecule has 0 spiro atoms. The van der Waals surface area contributed by atoms with Crippen molar-refractivity contribution in [1.82, 2.24) is 4.40 Å². The van der Waals surface area contributed by atoms with Crippen molar-refractivity contribution in [2.24, 2.45) is 4.40 Å². The highest BCUT2D eigenvalue weighted by Gasteiger charge is 2.25. The summed E-state index contributed by atoms with van der Waals surface area (Å²) in [4.78, 5) is 14.3. The predicted octanol–water partition coefficient (Wildman–Crippen LogP) is 4.50. The molecule has 9 nitrogen and oxygen atoms in total. The van der Waals surface area contributed by atoms with Crippen molar-refractivity contribution in [1.29, 1.82) is 0 Å². The Labute approximate surface area is 230 Å². The molecule has 11 heteroatoms. The third-order valence-corrected chi connectivity index (χ3v) is 7.71. The van der Waals surface area contributed by atoms with Crippen molar-refractivity contribution in [2.45, 2.75) is 32.1 Å². The monoisotopic (exact) mass is 566 g/mol. The van der Waals surface area contributed by atoms with Crippen LogP contribution in [0.5, 0.6) is 5.75 Å². The van der Waals surface area contributed by atoms with Gasteiger partial charge in [-0.2, -0.15) is 4.40 Å². The first-order chi connectivity index (χ1) is 18.6. The van der Waals surface area contributed by atoms with Crippen molar-refractivity contribution in [3.63, 3.8) is 0 Å². The summed E-state index contributed by atoms with van der Waals surface area (Å²) >= 11 is 0. The molecule has 3 heterocycles. The third-order valence-electron chi connectivity index (χ3n) is 6.05. The normalized spacial score (nSPS) is 14.4. The van der Waals surface area contributed by atoms with Gasteiger partial charge in [-0.3, -0.25) is 9.52 Å². The van der Waals surface area contributed by atoms with Crippen LogP contribution in [0.3, 0.4) is 0 Å². The van der Waals surface area contributed by atoms with E-state index in [1.807, 2.05) is 73.8 Å². The fourth-order valence-corrected chi connectivity index (χ4v) is 5.90. The molecule has 0 aliphatic carbocycles. The Balaban J connectivity index is 0.00000172. The number of anilines is 2. The summed E-state index contributed by atoms with van der Waals surface area (Å²) in [5.74, 6) is 0.895. The fraction of sp³-hybridized carbons (Fsp3) is 0.214. The summed E-state index contributed by atoms with van der Waals surface area (Å²) in [5, 5.41) is 3.14. The number of fused-ring (bicyclic) bond motifs is 2. The van der Waals surface area contributed by atoms with E-state index in [1.165, 1.54) is 6.07 Å². The standard InChI is InChI=1S/C26H24N4O5S2.C2H6/c1-16-24(26-27-21-11-10-18(29-37(3,33)34)15-23(21)36(32)28-26)25(31)20(22-9-4-5-12-30(16)22)14-17-7-6-8-19(13-17)35-2;1-2/h4-13,15,29H,14H2,1-3H3,(H,27,28);1-2H3. The van der Waals surface area contributed by atoms with Gasteiger partial charge < -0.3 is 14.5 Å². The Hall–Kier alpha value is -3.96. The van der Waals surface area contributed by atoms with Crippen molar-refractivity contribution >= 4 is 43.7 Å². The van der Waals surface area contributed by atoms with E-state index in [4.69, 9.17) is 4.74 Å². The van der Waals surface area contributed by atoms with Crippen molar-refractivity contribution in [2.75, 3.05) is 23.4 Å². The van der Waals surface area contributed by atoms with E-state index < -0.39 is 21.0 Å². The van der Waals surface area contributed by atoms with E-state index in [0.717, 1.165) is 17.3 Å². The smallest absolute Gasteiger partial charge is 0.229 e. The van der Waals surface area contributed by atoms with Gasteiger partial charge in [0.15, 0.2) is 22.3 Å². The number of hydrogen-bond donors (Lipinski definition) is 2. The lowest BCUT2D eigenvalue weighted by Crippen LogP contribution is -2.31. The lowest BCUT2D eigenvalue weighted by Gasteiger charge is -2.21. The molecule has 0 fully saturated rings. The number of hydrogen-bond acceptors (Lipinski definition) is 6. The van der Waals surface area contributed by atoms with Gasteiger partial charge in [-0.05, 0) is 55.0 Å². The molecule has 1 aliphatic heterocycles. The van der Waals surface area contributed by atoms with Gasteiger partial charge in [0, 0.05) is 29.6 Å². The minimum Gasteiger partial charge on any atom is -0.497 e. The summed E-state index contributed by atoms with van der Waals surface area (Å²) in [5.41, 5.74) is 3.76. The van der Waals surface area contributed by atoms with Crippen LogP contribution in [0.4, 0.5) is 11.4 Å². The summed E-state index contributed by atoms with van der Waals surface area (Å²) in [6, 6.07) is 17.8. The van der Waals surface area contributed by atoms with Gasteiger partial charge in [0.25, 0.3) is 0 Å². The topological polar surface area (TPSA) is 118 Å². The number of methoxy groups -OCH3 is 1. The molecule has 0 saturated carbocycles. The summed E-state index contributed by atoms with van der Waals surface area (Å²) in [6.07, 6.45) is 3.28. The highest BCUT2D eigenvalue weighted by Crippen LogP contribution is 2.30. The zero-order valence-electron chi connectivity index (χ0n) is 22.3. The van der Waals surface area contributed by atoms with E-state index in [0.29, 0.717) is 39.6 Å². The quantitative estimate of drug-likeness (QED) is 0.355. The van der Waals surface area contributed by atoms with Crippen LogP contribution >= 0.6 is 0 Å². The molecule has 0 bridgehead atoms. The van der Waals surface area contributed by atoms with E-state index in [-0.39, 0.29) is 17.0 Å². The maximum absolute atomic E-state index is 14.0. The SMILES string of the molecule is CC.COc1cccc(Cc2c(=O)c(C3=NS(=O)c4cc(NS(C)(=O)=O)ccc4N3)c(C)n3ccccc23)c1. The van der Waals surface area contributed by atoms with E-state index in [1.54, 1.807) is 19.2 Å². The molecule has 5 rings (SSSR count). The molecule has 1 atom stereocenters. The first-order valence-corrected chi connectivity index (χ1v) is 15.3. The maximum Gasteiger partial charge on any atom is 0.229 e. The molecule has 2 N–H and O–H groups in total. The number of ether oxygens (including phenoxy) is 1. The number of amidine groups is 1. The number of aromatic nitrogens is 1. The Morgan fingerprint density at radius 2 is 1.85 bits per heavy atom. The minimum atomic E-state index is -3.50. The maximum atomic E-state index is 14.0. The molecule has 0 saturated heterocycles. The molecule has 204 valence electrons. The van der Waals surface area contributed by atoms with E-state index in [2.05, 4.69) is 14.4 Å². The summed E-state index contributed by atoms with van der Waals surface area (Å²) in [6.45, 7) is 5.82. The second-order valence-electron chi connectivity index (χ2n) is 8.65. The second-order valence-corrected chi connectivity index (χ2v) is 11.5. The second kappa shape index (κ2) is 11.4. The minimum absolute atomic E-state index is 0.197. The number of aryl methyl sites for hydroxylation is 1. The number of nitrogens with zero attached hydrogens (tertiary/aromatic N) is 2. The number of benzene rings is 2. The number of nitrogens with one attached hydrogen (secondary N) is 2. The van der Waals surface area contributed by atoms with Crippen LogP contribution < -0.4 is 20.2 Å². The molecule has 39 heavy (non-hydrogen) atoms. The molecule has 2 aromatic heterocycles. The van der Waals surface area contributed by atoms with Crippen LogP contribution in [0.15, 0.2) is 80.9 Å². The molecule has 1 aliphatic rings.